The van der Waals surface area contributed by atoms with Gasteiger partial charge < -0.3 is 15.6 Å². The first kappa shape index (κ1) is 10.3. The molecule has 5 heteroatoms. The highest BCUT2D eigenvalue weighted by Gasteiger charge is 2.35. The van der Waals surface area contributed by atoms with Crippen LogP contribution in [0.25, 0.3) is 11.0 Å². The molecule has 0 aromatic carbocycles. The quantitative estimate of drug-likeness (QED) is 0.748. The minimum atomic E-state index is 0.497. The Morgan fingerprint density at radius 2 is 2.28 bits per heavy atom. The molecular weight excluding hydrogens is 226 g/mol. The molecule has 5 nitrogen and oxygen atoms in total. The van der Waals surface area contributed by atoms with Gasteiger partial charge in [-0.2, -0.15) is 0 Å². The summed E-state index contributed by atoms with van der Waals surface area (Å²) in [5.41, 5.74) is 0.903. The van der Waals surface area contributed by atoms with E-state index in [9.17, 15) is 0 Å². The van der Waals surface area contributed by atoms with Crippen molar-refractivity contribution in [1.82, 2.24) is 20.3 Å². The molecule has 3 N–H and O–H groups in total. The minimum Gasteiger partial charge on any atom is -0.365 e. The van der Waals surface area contributed by atoms with Crippen LogP contribution in [0.3, 0.4) is 0 Å². The number of nitrogens with one attached hydrogen (secondary N) is 3. The van der Waals surface area contributed by atoms with E-state index in [4.69, 9.17) is 0 Å². The summed E-state index contributed by atoms with van der Waals surface area (Å²) in [6, 6.07) is 3.29. The van der Waals surface area contributed by atoms with Gasteiger partial charge in [-0.1, -0.05) is 0 Å². The zero-order valence-corrected chi connectivity index (χ0v) is 10.2. The molecule has 2 bridgehead atoms. The molecule has 0 spiro atoms. The highest BCUT2D eigenvalue weighted by Crippen LogP contribution is 2.33. The number of rotatable bonds is 2. The van der Waals surface area contributed by atoms with Crippen molar-refractivity contribution in [1.29, 1.82) is 0 Å². The third kappa shape index (κ3) is 1.58. The van der Waals surface area contributed by atoms with Crippen LogP contribution in [-0.2, 0) is 0 Å². The molecule has 2 aliphatic rings. The summed E-state index contributed by atoms with van der Waals surface area (Å²) < 4.78 is 0. The highest BCUT2D eigenvalue weighted by molar-refractivity contribution is 5.86. The summed E-state index contributed by atoms with van der Waals surface area (Å²) in [6.07, 6.45) is 7.49. The van der Waals surface area contributed by atoms with Gasteiger partial charge in [0.2, 0.25) is 0 Å². The van der Waals surface area contributed by atoms with Crippen molar-refractivity contribution in [2.24, 2.45) is 5.92 Å². The lowest BCUT2D eigenvalue weighted by Gasteiger charge is -2.30. The minimum absolute atomic E-state index is 0.497. The van der Waals surface area contributed by atoms with Gasteiger partial charge >= 0.3 is 0 Å². The van der Waals surface area contributed by atoms with Crippen LogP contribution in [-0.4, -0.2) is 33.6 Å². The van der Waals surface area contributed by atoms with Crippen molar-refractivity contribution >= 4 is 16.9 Å². The Morgan fingerprint density at radius 1 is 1.28 bits per heavy atom. The van der Waals surface area contributed by atoms with E-state index in [2.05, 4.69) is 25.6 Å². The molecule has 18 heavy (non-hydrogen) atoms. The molecule has 2 aromatic rings. The normalized spacial score (nSPS) is 30.8. The van der Waals surface area contributed by atoms with Gasteiger partial charge in [-0.3, -0.25) is 0 Å². The van der Waals surface area contributed by atoms with E-state index < -0.39 is 0 Å². The fourth-order valence-corrected chi connectivity index (χ4v) is 3.36. The topological polar surface area (TPSA) is 65.6 Å². The van der Waals surface area contributed by atoms with Gasteiger partial charge in [0.05, 0.1) is 5.39 Å². The van der Waals surface area contributed by atoms with Crippen LogP contribution in [0.5, 0.6) is 0 Å². The van der Waals surface area contributed by atoms with Gasteiger partial charge in [0.1, 0.15) is 17.8 Å². The standard InChI is InChI=1S/C13H17N5/c1-2-9-5-8(1)11(6-15-9)18-13-10-3-4-14-12(10)16-7-17-13/h3-4,7-9,11,15H,1-2,5-6H2,(H2,14,16,17,18)/t8-,9+,11-/m0/s1. The van der Waals surface area contributed by atoms with E-state index in [-0.39, 0.29) is 0 Å². The summed E-state index contributed by atoms with van der Waals surface area (Å²) in [7, 11) is 0. The van der Waals surface area contributed by atoms with E-state index in [1.54, 1.807) is 6.33 Å². The third-order valence-electron chi connectivity index (χ3n) is 4.34. The smallest absolute Gasteiger partial charge is 0.142 e. The van der Waals surface area contributed by atoms with E-state index >= 15 is 0 Å². The number of aromatic nitrogens is 3. The molecule has 0 unspecified atom stereocenters. The van der Waals surface area contributed by atoms with Crippen LogP contribution in [0.4, 0.5) is 5.82 Å². The van der Waals surface area contributed by atoms with Crippen LogP contribution in [0, 0.1) is 5.92 Å². The maximum Gasteiger partial charge on any atom is 0.142 e. The molecule has 0 radical (unpaired) electrons. The van der Waals surface area contributed by atoms with Gasteiger partial charge in [-0.15, -0.1) is 0 Å². The van der Waals surface area contributed by atoms with Gasteiger partial charge in [0.25, 0.3) is 0 Å². The van der Waals surface area contributed by atoms with Gasteiger partial charge in [0.15, 0.2) is 0 Å². The summed E-state index contributed by atoms with van der Waals surface area (Å²) >= 11 is 0. The molecule has 2 fully saturated rings. The number of H-pyrrole nitrogens is 1. The van der Waals surface area contributed by atoms with Crippen molar-refractivity contribution in [3.8, 4) is 0 Å². The molecule has 2 aromatic heterocycles. The van der Waals surface area contributed by atoms with Crippen molar-refractivity contribution in [2.75, 3.05) is 11.9 Å². The molecule has 3 atom stereocenters. The summed E-state index contributed by atoms with van der Waals surface area (Å²) in [4.78, 5) is 11.7. The van der Waals surface area contributed by atoms with Gasteiger partial charge in [0, 0.05) is 24.8 Å². The molecule has 1 saturated heterocycles. The monoisotopic (exact) mass is 243 g/mol. The predicted octanol–water partition coefficient (Wildman–Crippen LogP) is 1.51. The van der Waals surface area contributed by atoms with Crippen molar-refractivity contribution < 1.29 is 0 Å². The van der Waals surface area contributed by atoms with Gasteiger partial charge in [-0.25, -0.2) is 9.97 Å². The fourth-order valence-electron chi connectivity index (χ4n) is 3.36. The second kappa shape index (κ2) is 3.95. The van der Waals surface area contributed by atoms with E-state index in [0.717, 1.165) is 35.4 Å². The second-order valence-electron chi connectivity index (χ2n) is 5.39. The van der Waals surface area contributed by atoms with Gasteiger partial charge in [-0.05, 0) is 31.2 Å². The van der Waals surface area contributed by atoms with E-state index in [1.165, 1.54) is 19.3 Å². The summed E-state index contributed by atoms with van der Waals surface area (Å²) in [5, 5.41) is 8.29. The molecule has 3 heterocycles. The Kier molecular flexibility index (Phi) is 2.26. The Labute approximate surface area is 105 Å². The number of piperidine rings is 1. The van der Waals surface area contributed by atoms with Crippen molar-refractivity contribution in [2.45, 2.75) is 31.3 Å². The van der Waals surface area contributed by atoms with E-state index in [0.29, 0.717) is 6.04 Å². The first-order valence-electron chi connectivity index (χ1n) is 6.68. The molecule has 1 aliphatic carbocycles. The van der Waals surface area contributed by atoms with Crippen LogP contribution in [0.2, 0.25) is 0 Å². The Morgan fingerprint density at radius 3 is 3.28 bits per heavy atom. The molecule has 1 aliphatic heterocycles. The zero-order chi connectivity index (χ0) is 11.9. The van der Waals surface area contributed by atoms with Crippen molar-refractivity contribution in [3.05, 3.63) is 18.6 Å². The fraction of sp³-hybridized carbons (Fsp3) is 0.538. The lowest BCUT2D eigenvalue weighted by atomic mass is 9.95. The molecule has 1 saturated carbocycles. The predicted molar refractivity (Wildman–Crippen MR) is 70.4 cm³/mol. The highest BCUT2D eigenvalue weighted by atomic mass is 15.1. The maximum atomic E-state index is 4.39. The number of nitrogens with zero attached hydrogens (tertiary/aromatic N) is 2. The number of hydrogen-bond acceptors (Lipinski definition) is 4. The second-order valence-corrected chi connectivity index (χ2v) is 5.39. The SMILES string of the molecule is c1nc(N[C@H]2CN[C@@H]3CC[C@H]2C3)c2cc[nH]c2n1. The maximum absolute atomic E-state index is 4.39. The van der Waals surface area contributed by atoms with Crippen LogP contribution in [0.15, 0.2) is 18.6 Å². The Bertz CT molecular complexity index is 563. The van der Waals surface area contributed by atoms with Crippen LogP contribution in [0.1, 0.15) is 19.3 Å². The largest absolute Gasteiger partial charge is 0.365 e. The lowest BCUT2D eigenvalue weighted by Crippen LogP contribution is -2.45. The molecule has 0 amide bonds. The van der Waals surface area contributed by atoms with Crippen molar-refractivity contribution in [3.63, 3.8) is 0 Å². The Hall–Kier alpha value is -1.62. The summed E-state index contributed by atoms with van der Waals surface area (Å²) in [6.45, 7) is 1.05. The average Bonchev–Trinajstić information content (AvgIpc) is 3.01. The first-order valence-corrected chi connectivity index (χ1v) is 6.68. The van der Waals surface area contributed by atoms with E-state index in [1.807, 2.05) is 12.3 Å². The number of anilines is 1. The third-order valence-corrected chi connectivity index (χ3v) is 4.34. The number of aromatic amines is 1. The number of fused-ring (bicyclic) bond motifs is 3. The lowest BCUT2D eigenvalue weighted by molar-refractivity contribution is 0.358. The molecule has 4 rings (SSSR count). The average molecular weight is 243 g/mol. The molecule has 94 valence electrons. The number of hydrogen-bond donors (Lipinski definition) is 3. The zero-order valence-electron chi connectivity index (χ0n) is 10.2. The van der Waals surface area contributed by atoms with Crippen LogP contribution < -0.4 is 10.6 Å². The summed E-state index contributed by atoms with van der Waals surface area (Å²) in [5.74, 6) is 1.75. The van der Waals surface area contributed by atoms with Crippen LogP contribution >= 0.6 is 0 Å². The Balaban J connectivity index is 1.62. The first-order chi connectivity index (χ1) is 8.90. The molecular formula is C13H17N5.